The summed E-state index contributed by atoms with van der Waals surface area (Å²) in [5, 5.41) is 0.910. The van der Waals surface area contributed by atoms with E-state index in [1.54, 1.807) is 43.3 Å². The Morgan fingerprint density at radius 2 is 1.77 bits per heavy atom. The molecule has 6 aromatic rings. The molecule has 8 nitrogen and oxygen atoms in total. The van der Waals surface area contributed by atoms with E-state index in [0.29, 0.717) is 62.2 Å². The highest BCUT2D eigenvalue weighted by atomic mass is 32.2. The van der Waals surface area contributed by atoms with Gasteiger partial charge >= 0.3 is 0 Å². The summed E-state index contributed by atoms with van der Waals surface area (Å²) >= 11 is 0. The molecule has 11 heteroatoms. The minimum Gasteiger partial charge on any atom is -0.468 e. The van der Waals surface area contributed by atoms with Gasteiger partial charge in [0.2, 0.25) is 10.0 Å². The standard InChI is InChI=1S/C36H31F2N3O5S/c1-5-8-33-41-27-10-7-9-25(38)22(27)18-29(41)35-31(45-33)16-15-26(39-35)23-17-24-32(19-28(23)40(3)47(4,43)44)46-36(34(24)30(42)6-2)20-11-13-21(37)14-12-20/h7,9-19,33H,5-6,8H2,1-4H3. The van der Waals surface area contributed by atoms with Gasteiger partial charge in [-0.05, 0) is 60.7 Å². The first-order chi connectivity index (χ1) is 22.5. The van der Waals surface area contributed by atoms with Crippen molar-refractivity contribution in [3.8, 4) is 39.7 Å². The largest absolute Gasteiger partial charge is 0.468 e. The van der Waals surface area contributed by atoms with Crippen molar-refractivity contribution in [1.29, 1.82) is 0 Å². The smallest absolute Gasteiger partial charge is 0.232 e. The number of ether oxygens (including phenoxy) is 1. The van der Waals surface area contributed by atoms with E-state index >= 15 is 0 Å². The van der Waals surface area contributed by atoms with Gasteiger partial charge < -0.3 is 13.7 Å². The fourth-order valence-electron chi connectivity index (χ4n) is 6.25. The van der Waals surface area contributed by atoms with Crippen molar-refractivity contribution in [2.24, 2.45) is 0 Å². The number of furan rings is 1. The molecule has 1 atom stereocenters. The number of carbonyl (C=O) groups is 1. The zero-order valence-corrected chi connectivity index (χ0v) is 27.0. The Hall–Kier alpha value is -5.03. The lowest BCUT2D eigenvalue weighted by atomic mass is 9.97. The zero-order valence-electron chi connectivity index (χ0n) is 26.2. The molecule has 1 aliphatic rings. The molecule has 0 saturated heterocycles. The topological polar surface area (TPSA) is 94.6 Å². The number of hydrogen-bond donors (Lipinski definition) is 0. The van der Waals surface area contributed by atoms with Crippen LogP contribution in [0.3, 0.4) is 0 Å². The number of Topliss-reactive ketones (excluding diaryl/α,β-unsaturated/α-hetero) is 1. The van der Waals surface area contributed by atoms with Gasteiger partial charge in [0.25, 0.3) is 0 Å². The maximum absolute atomic E-state index is 15.0. The summed E-state index contributed by atoms with van der Waals surface area (Å²) in [6.45, 7) is 3.79. The number of halogens is 2. The number of benzene rings is 3. The second kappa shape index (κ2) is 11.3. The maximum Gasteiger partial charge on any atom is 0.232 e. The van der Waals surface area contributed by atoms with Crippen LogP contribution in [0, 0.1) is 11.6 Å². The molecular weight excluding hydrogens is 624 g/mol. The molecule has 3 aromatic carbocycles. The highest BCUT2D eigenvalue weighted by molar-refractivity contribution is 7.92. The summed E-state index contributed by atoms with van der Waals surface area (Å²) in [7, 11) is -2.32. The van der Waals surface area contributed by atoms with Crippen molar-refractivity contribution >= 4 is 43.4 Å². The number of pyridine rings is 1. The highest BCUT2D eigenvalue weighted by Crippen LogP contribution is 2.46. The normalized spacial score (nSPS) is 14.2. The molecular formula is C36H31F2N3O5S. The fraction of sp³-hybridized carbons (Fsp3) is 0.222. The predicted octanol–water partition coefficient (Wildman–Crippen LogP) is 8.74. The second-order valence-electron chi connectivity index (χ2n) is 11.7. The van der Waals surface area contributed by atoms with Crippen LogP contribution in [0.5, 0.6) is 5.75 Å². The molecule has 3 aromatic heterocycles. The first-order valence-electron chi connectivity index (χ1n) is 15.3. The van der Waals surface area contributed by atoms with Gasteiger partial charge in [0.15, 0.2) is 12.0 Å². The SMILES string of the molecule is CCCC1Oc2ccc(-c3cc4c(C(=O)CC)c(-c5ccc(F)cc5)oc4cc3N(C)S(C)(=O)=O)nc2-c2cc3c(F)cccc3n21. The predicted molar refractivity (Wildman–Crippen MR) is 178 cm³/mol. The number of aromatic nitrogens is 2. The molecule has 240 valence electrons. The van der Waals surface area contributed by atoms with Crippen molar-refractivity contribution in [1.82, 2.24) is 9.55 Å². The summed E-state index contributed by atoms with van der Waals surface area (Å²) in [6.07, 6.45) is 2.44. The third-order valence-electron chi connectivity index (χ3n) is 8.64. The molecule has 47 heavy (non-hydrogen) atoms. The number of hydrogen-bond acceptors (Lipinski definition) is 6. The summed E-state index contributed by atoms with van der Waals surface area (Å²) in [5.74, 6) is -0.204. The van der Waals surface area contributed by atoms with E-state index in [-0.39, 0.29) is 41.3 Å². The molecule has 4 heterocycles. The number of fused-ring (bicyclic) bond motifs is 6. The average molecular weight is 656 g/mol. The van der Waals surface area contributed by atoms with Crippen molar-refractivity contribution in [2.75, 3.05) is 17.6 Å². The summed E-state index contributed by atoms with van der Waals surface area (Å²) in [5.41, 5.74) is 4.04. The lowest BCUT2D eigenvalue weighted by Crippen LogP contribution is -2.25. The van der Waals surface area contributed by atoms with Gasteiger partial charge in [-0.25, -0.2) is 22.2 Å². The van der Waals surface area contributed by atoms with Crippen LogP contribution < -0.4 is 9.04 Å². The van der Waals surface area contributed by atoms with Gasteiger partial charge in [0.05, 0.1) is 34.4 Å². The number of rotatable bonds is 8. The molecule has 7 rings (SSSR count). The van der Waals surface area contributed by atoms with E-state index in [9.17, 15) is 22.0 Å². The van der Waals surface area contributed by atoms with Crippen LogP contribution in [-0.2, 0) is 10.0 Å². The van der Waals surface area contributed by atoms with Crippen LogP contribution in [0.25, 0.3) is 55.8 Å². The third kappa shape index (κ3) is 5.05. The molecule has 0 spiro atoms. The van der Waals surface area contributed by atoms with Gasteiger partial charge in [-0.1, -0.05) is 26.3 Å². The van der Waals surface area contributed by atoms with Crippen molar-refractivity contribution in [3.05, 3.63) is 90.0 Å². The first kappa shape index (κ1) is 30.6. The number of anilines is 1. The van der Waals surface area contributed by atoms with E-state index in [0.717, 1.165) is 17.0 Å². The van der Waals surface area contributed by atoms with Crippen LogP contribution in [-0.4, -0.2) is 37.1 Å². The zero-order chi connectivity index (χ0) is 33.2. The molecule has 0 bridgehead atoms. The molecule has 0 amide bonds. The molecule has 0 saturated carbocycles. The Kier molecular flexibility index (Phi) is 7.39. The average Bonchev–Trinajstić information content (AvgIpc) is 3.63. The number of sulfonamides is 1. The minimum absolute atomic E-state index is 0.178. The van der Waals surface area contributed by atoms with Crippen molar-refractivity contribution in [3.63, 3.8) is 0 Å². The van der Waals surface area contributed by atoms with E-state index in [1.165, 1.54) is 37.4 Å². The van der Waals surface area contributed by atoms with Gasteiger partial charge in [-0.2, -0.15) is 0 Å². The van der Waals surface area contributed by atoms with Gasteiger partial charge in [-0.3, -0.25) is 9.10 Å². The molecule has 1 aliphatic heterocycles. The van der Waals surface area contributed by atoms with Gasteiger partial charge in [0, 0.05) is 47.9 Å². The van der Waals surface area contributed by atoms with Crippen molar-refractivity contribution in [2.45, 2.75) is 39.3 Å². The Labute approximate surface area is 270 Å². The number of carbonyl (C=O) groups excluding carboxylic acids is 1. The van der Waals surface area contributed by atoms with E-state index < -0.39 is 15.8 Å². The maximum atomic E-state index is 15.0. The monoisotopic (exact) mass is 655 g/mol. The Morgan fingerprint density at radius 1 is 1.00 bits per heavy atom. The van der Waals surface area contributed by atoms with Crippen LogP contribution in [0.15, 0.2) is 77.2 Å². The van der Waals surface area contributed by atoms with E-state index in [1.807, 2.05) is 10.6 Å². The van der Waals surface area contributed by atoms with Crippen LogP contribution in [0.1, 0.15) is 49.7 Å². The third-order valence-corrected chi connectivity index (χ3v) is 9.83. The lowest BCUT2D eigenvalue weighted by Gasteiger charge is -2.29. The van der Waals surface area contributed by atoms with Gasteiger partial charge in [0.1, 0.15) is 34.4 Å². The molecule has 0 N–H and O–H groups in total. The van der Waals surface area contributed by atoms with Crippen LogP contribution >= 0.6 is 0 Å². The molecule has 0 aliphatic carbocycles. The molecule has 1 unspecified atom stereocenters. The number of ketones is 1. The Morgan fingerprint density at radius 3 is 2.47 bits per heavy atom. The Balaban J connectivity index is 1.49. The summed E-state index contributed by atoms with van der Waals surface area (Å²) < 4.78 is 70.3. The quantitative estimate of drug-likeness (QED) is 0.152. The lowest BCUT2D eigenvalue weighted by molar-refractivity contribution is 0.0989. The second-order valence-corrected chi connectivity index (χ2v) is 13.7. The first-order valence-corrected chi connectivity index (χ1v) is 17.2. The van der Waals surface area contributed by atoms with E-state index in [2.05, 4.69) is 6.92 Å². The summed E-state index contributed by atoms with van der Waals surface area (Å²) in [6, 6.07) is 19.1. The molecule has 0 fully saturated rings. The number of nitrogens with zero attached hydrogens (tertiary/aromatic N) is 3. The van der Waals surface area contributed by atoms with E-state index in [4.69, 9.17) is 14.1 Å². The summed E-state index contributed by atoms with van der Waals surface area (Å²) in [4.78, 5) is 18.4. The van der Waals surface area contributed by atoms with Crippen LogP contribution in [0.2, 0.25) is 0 Å². The fourth-order valence-corrected chi connectivity index (χ4v) is 6.76. The van der Waals surface area contributed by atoms with Crippen LogP contribution in [0.4, 0.5) is 14.5 Å². The van der Waals surface area contributed by atoms with Crippen molar-refractivity contribution < 1.29 is 31.1 Å². The van der Waals surface area contributed by atoms with Gasteiger partial charge in [-0.15, -0.1) is 0 Å². The minimum atomic E-state index is -3.75. The highest BCUT2D eigenvalue weighted by Gasteiger charge is 2.31. The molecule has 0 radical (unpaired) electrons. The Bertz CT molecular complexity index is 2330.